The molecule has 28 heavy (non-hydrogen) atoms. The van der Waals surface area contributed by atoms with Crippen molar-refractivity contribution in [2.45, 2.75) is 39.3 Å². The fraction of sp³-hybridized carbons (Fsp3) is 0.308. The van der Waals surface area contributed by atoms with Crippen molar-refractivity contribution < 1.29 is 4.74 Å². The molecule has 2 unspecified atom stereocenters. The molecular weight excluding hydrogens is 342 g/mol. The standard InChI is InChI=1S/C26H31NO/c1-3-26(21(2)18-27-19-22-11-6-4-7-12-22)24-15-10-16-25(17-24)28-20-23-13-8-5-9-14-23/h4-17,21,26-27H,3,18-20H2,1-2H3. The normalized spacial score (nSPS) is 13.1. The molecule has 0 saturated heterocycles. The van der Waals surface area contributed by atoms with Crippen molar-refractivity contribution >= 4 is 0 Å². The third kappa shape index (κ3) is 5.97. The predicted molar refractivity (Wildman–Crippen MR) is 118 cm³/mol. The minimum atomic E-state index is 0.517. The van der Waals surface area contributed by atoms with Crippen molar-refractivity contribution in [3.63, 3.8) is 0 Å². The van der Waals surface area contributed by atoms with Gasteiger partial charge >= 0.3 is 0 Å². The van der Waals surface area contributed by atoms with Crippen LogP contribution in [0.4, 0.5) is 0 Å². The van der Waals surface area contributed by atoms with E-state index in [0.717, 1.165) is 25.3 Å². The lowest BCUT2D eigenvalue weighted by Gasteiger charge is -2.24. The molecule has 2 nitrogen and oxygen atoms in total. The van der Waals surface area contributed by atoms with Crippen molar-refractivity contribution in [1.82, 2.24) is 5.32 Å². The Bertz CT molecular complexity index is 816. The van der Waals surface area contributed by atoms with Gasteiger partial charge in [0.1, 0.15) is 12.4 Å². The van der Waals surface area contributed by atoms with Crippen LogP contribution in [0.1, 0.15) is 42.9 Å². The van der Waals surface area contributed by atoms with Crippen molar-refractivity contribution in [1.29, 1.82) is 0 Å². The lowest BCUT2D eigenvalue weighted by Crippen LogP contribution is -2.25. The van der Waals surface area contributed by atoms with E-state index in [1.807, 2.05) is 18.2 Å². The number of ether oxygens (including phenoxy) is 1. The molecule has 0 radical (unpaired) electrons. The molecule has 3 rings (SSSR count). The molecule has 3 aromatic carbocycles. The summed E-state index contributed by atoms with van der Waals surface area (Å²) in [6.45, 7) is 7.14. The largest absolute Gasteiger partial charge is 0.489 e. The molecule has 0 heterocycles. The topological polar surface area (TPSA) is 21.3 Å². The molecule has 1 N–H and O–H groups in total. The van der Waals surface area contributed by atoms with Crippen LogP contribution in [0.5, 0.6) is 5.75 Å². The molecule has 2 heteroatoms. The highest BCUT2D eigenvalue weighted by Crippen LogP contribution is 2.30. The fourth-order valence-electron chi connectivity index (χ4n) is 3.72. The third-order valence-corrected chi connectivity index (χ3v) is 5.30. The van der Waals surface area contributed by atoms with E-state index >= 15 is 0 Å². The second-order valence-corrected chi connectivity index (χ2v) is 7.46. The van der Waals surface area contributed by atoms with Gasteiger partial charge in [0.25, 0.3) is 0 Å². The molecule has 2 atom stereocenters. The Kier molecular flexibility index (Phi) is 7.69. The quantitative estimate of drug-likeness (QED) is 0.458. The van der Waals surface area contributed by atoms with Gasteiger partial charge in [-0.05, 0) is 53.6 Å². The zero-order chi connectivity index (χ0) is 19.6. The highest BCUT2D eigenvalue weighted by molar-refractivity contribution is 5.31. The van der Waals surface area contributed by atoms with E-state index in [1.165, 1.54) is 16.7 Å². The number of rotatable bonds is 10. The Morgan fingerprint density at radius 2 is 1.50 bits per heavy atom. The Hall–Kier alpha value is -2.58. The fourth-order valence-corrected chi connectivity index (χ4v) is 3.72. The molecule has 0 spiro atoms. The molecule has 0 fully saturated rings. The second-order valence-electron chi connectivity index (χ2n) is 7.46. The first kappa shape index (κ1) is 20.2. The summed E-state index contributed by atoms with van der Waals surface area (Å²) in [5.41, 5.74) is 3.89. The van der Waals surface area contributed by atoms with E-state index in [1.54, 1.807) is 0 Å². The molecule has 0 aliphatic carbocycles. The van der Waals surface area contributed by atoms with Crippen molar-refractivity contribution in [2.24, 2.45) is 5.92 Å². The van der Waals surface area contributed by atoms with Crippen LogP contribution in [0.15, 0.2) is 84.9 Å². The van der Waals surface area contributed by atoms with Crippen molar-refractivity contribution in [3.8, 4) is 5.75 Å². The maximum Gasteiger partial charge on any atom is 0.120 e. The van der Waals surface area contributed by atoms with E-state index < -0.39 is 0 Å². The summed E-state index contributed by atoms with van der Waals surface area (Å²) in [5.74, 6) is 2.02. The maximum atomic E-state index is 6.03. The summed E-state index contributed by atoms with van der Waals surface area (Å²) in [4.78, 5) is 0. The lowest BCUT2D eigenvalue weighted by atomic mass is 9.85. The second kappa shape index (κ2) is 10.7. The summed E-state index contributed by atoms with van der Waals surface area (Å²) in [5, 5.41) is 3.62. The maximum absolute atomic E-state index is 6.03. The number of nitrogens with one attached hydrogen (secondary N) is 1. The molecule has 0 saturated carbocycles. The minimum Gasteiger partial charge on any atom is -0.489 e. The monoisotopic (exact) mass is 373 g/mol. The van der Waals surface area contributed by atoms with E-state index in [2.05, 4.69) is 85.9 Å². The van der Waals surface area contributed by atoms with Crippen LogP contribution in [0.25, 0.3) is 0 Å². The van der Waals surface area contributed by atoms with Gasteiger partial charge in [0.05, 0.1) is 0 Å². The molecule has 0 aliphatic rings. The summed E-state index contributed by atoms with van der Waals surface area (Å²) in [7, 11) is 0. The first-order valence-electron chi connectivity index (χ1n) is 10.3. The van der Waals surface area contributed by atoms with Gasteiger partial charge in [-0.1, -0.05) is 86.6 Å². The minimum absolute atomic E-state index is 0.517. The smallest absolute Gasteiger partial charge is 0.120 e. The Morgan fingerprint density at radius 3 is 2.18 bits per heavy atom. The van der Waals surface area contributed by atoms with E-state index in [4.69, 9.17) is 4.74 Å². The average Bonchev–Trinajstić information content (AvgIpc) is 2.75. The molecule has 3 aromatic rings. The molecule has 146 valence electrons. The number of hydrogen-bond acceptors (Lipinski definition) is 2. The lowest BCUT2D eigenvalue weighted by molar-refractivity contribution is 0.305. The molecule has 0 amide bonds. The summed E-state index contributed by atoms with van der Waals surface area (Å²) >= 11 is 0. The van der Waals surface area contributed by atoms with E-state index in [0.29, 0.717) is 18.4 Å². The van der Waals surface area contributed by atoms with Gasteiger partial charge in [-0.15, -0.1) is 0 Å². The van der Waals surface area contributed by atoms with E-state index in [-0.39, 0.29) is 0 Å². The average molecular weight is 374 g/mol. The van der Waals surface area contributed by atoms with Gasteiger partial charge in [0.15, 0.2) is 0 Å². The molecule has 0 aromatic heterocycles. The van der Waals surface area contributed by atoms with Crippen LogP contribution >= 0.6 is 0 Å². The van der Waals surface area contributed by atoms with Gasteiger partial charge in [-0.3, -0.25) is 0 Å². The van der Waals surface area contributed by atoms with Crippen LogP contribution in [0, 0.1) is 5.92 Å². The predicted octanol–water partition coefficient (Wildman–Crippen LogP) is 6.19. The van der Waals surface area contributed by atoms with Gasteiger partial charge in [0.2, 0.25) is 0 Å². The highest BCUT2D eigenvalue weighted by Gasteiger charge is 2.18. The number of hydrogen-bond donors (Lipinski definition) is 1. The van der Waals surface area contributed by atoms with Crippen LogP contribution in [-0.4, -0.2) is 6.54 Å². The zero-order valence-electron chi connectivity index (χ0n) is 17.0. The summed E-state index contributed by atoms with van der Waals surface area (Å²) < 4.78 is 6.03. The van der Waals surface area contributed by atoms with Crippen LogP contribution < -0.4 is 10.1 Å². The SMILES string of the molecule is CCC(c1cccc(OCc2ccccc2)c1)C(C)CNCc1ccccc1. The van der Waals surface area contributed by atoms with E-state index in [9.17, 15) is 0 Å². The Balaban J connectivity index is 1.56. The summed E-state index contributed by atoms with van der Waals surface area (Å²) in [6, 6.07) is 29.5. The van der Waals surface area contributed by atoms with Crippen LogP contribution in [-0.2, 0) is 13.2 Å². The summed E-state index contributed by atoms with van der Waals surface area (Å²) in [6.07, 6.45) is 1.12. The van der Waals surface area contributed by atoms with Gasteiger partial charge in [0, 0.05) is 6.54 Å². The Morgan fingerprint density at radius 1 is 0.821 bits per heavy atom. The van der Waals surface area contributed by atoms with Crippen LogP contribution in [0.3, 0.4) is 0 Å². The highest BCUT2D eigenvalue weighted by atomic mass is 16.5. The molecule has 0 bridgehead atoms. The Labute approximate surface area is 169 Å². The van der Waals surface area contributed by atoms with Crippen molar-refractivity contribution in [2.75, 3.05) is 6.54 Å². The first-order valence-corrected chi connectivity index (χ1v) is 10.3. The number of benzene rings is 3. The first-order chi connectivity index (χ1) is 13.8. The van der Waals surface area contributed by atoms with Gasteiger partial charge in [-0.25, -0.2) is 0 Å². The van der Waals surface area contributed by atoms with Crippen LogP contribution in [0.2, 0.25) is 0 Å². The molecular formula is C26H31NO. The van der Waals surface area contributed by atoms with Crippen molar-refractivity contribution in [3.05, 3.63) is 102 Å². The third-order valence-electron chi connectivity index (χ3n) is 5.30. The van der Waals surface area contributed by atoms with Gasteiger partial charge in [-0.2, -0.15) is 0 Å². The van der Waals surface area contributed by atoms with Gasteiger partial charge < -0.3 is 10.1 Å². The molecule has 0 aliphatic heterocycles. The zero-order valence-corrected chi connectivity index (χ0v) is 17.0.